The molecule has 1 aliphatic heterocycles. The number of amides is 1. The van der Waals surface area contributed by atoms with Gasteiger partial charge in [-0.25, -0.2) is 0 Å². The lowest BCUT2D eigenvalue weighted by Gasteiger charge is -2.28. The van der Waals surface area contributed by atoms with Crippen molar-refractivity contribution in [2.45, 2.75) is 13.0 Å². The summed E-state index contributed by atoms with van der Waals surface area (Å²) < 4.78 is 11.1. The Balaban J connectivity index is 2.02. The molecule has 30 heavy (non-hydrogen) atoms. The number of aryl methyl sites for hydroxylation is 1. The second-order valence-electron chi connectivity index (χ2n) is 7.54. The van der Waals surface area contributed by atoms with Crippen LogP contribution in [0.4, 0.5) is 0 Å². The zero-order chi connectivity index (χ0) is 21.8. The highest BCUT2D eigenvalue weighted by Gasteiger charge is 2.52. The Bertz CT molecular complexity index is 962. The molecule has 0 radical (unpaired) electrons. The van der Waals surface area contributed by atoms with Crippen LogP contribution < -0.4 is 4.74 Å². The average Bonchev–Trinajstić information content (AvgIpc) is 3.26. The van der Waals surface area contributed by atoms with Gasteiger partial charge in [0.2, 0.25) is 11.6 Å². The minimum absolute atomic E-state index is 0.0807. The predicted octanol–water partition coefficient (Wildman–Crippen LogP) is 2.67. The summed E-state index contributed by atoms with van der Waals surface area (Å²) in [5.41, 5.74) is 0.663. The Hall–Kier alpha value is -3.19. The molecule has 1 saturated heterocycles. The smallest absolute Gasteiger partial charge is 0.291 e. The standard InChI is InChI=1S/C23H26N2O5/c1-5-13-29-17-8-6-7-16(14-17)20-19(21(26)18-10-9-15(2)30-18)22(27)23(28)25(20)12-11-24(3)4/h5-10,14,19-20H,1,11-13H2,2-4H3. The molecule has 1 aromatic heterocycles. The van der Waals surface area contributed by atoms with Crippen molar-refractivity contribution in [3.05, 3.63) is 66.1 Å². The fourth-order valence-electron chi connectivity index (χ4n) is 3.57. The van der Waals surface area contributed by atoms with Crippen molar-refractivity contribution >= 4 is 17.5 Å². The van der Waals surface area contributed by atoms with Gasteiger partial charge in [-0.15, -0.1) is 0 Å². The van der Waals surface area contributed by atoms with Crippen LogP contribution in [-0.4, -0.2) is 61.1 Å². The number of carbonyl (C=O) groups excluding carboxylic acids is 3. The summed E-state index contributed by atoms with van der Waals surface area (Å²) in [6.07, 6.45) is 1.63. The van der Waals surface area contributed by atoms with E-state index in [2.05, 4.69) is 6.58 Å². The van der Waals surface area contributed by atoms with Crippen LogP contribution in [0.25, 0.3) is 0 Å². The van der Waals surface area contributed by atoms with Crippen LogP contribution in [0.1, 0.15) is 27.9 Å². The van der Waals surface area contributed by atoms with Crippen LogP contribution in [-0.2, 0) is 9.59 Å². The van der Waals surface area contributed by atoms with E-state index in [0.717, 1.165) is 0 Å². The van der Waals surface area contributed by atoms with Crippen LogP contribution in [0.5, 0.6) is 5.75 Å². The van der Waals surface area contributed by atoms with Gasteiger partial charge in [-0.3, -0.25) is 14.4 Å². The molecule has 158 valence electrons. The van der Waals surface area contributed by atoms with Crippen LogP contribution in [0, 0.1) is 12.8 Å². The number of ketones is 2. The van der Waals surface area contributed by atoms with Gasteiger partial charge in [0, 0.05) is 13.1 Å². The Labute approximate surface area is 175 Å². The monoisotopic (exact) mass is 410 g/mol. The van der Waals surface area contributed by atoms with E-state index in [0.29, 0.717) is 36.8 Å². The lowest BCUT2D eigenvalue weighted by atomic mass is 9.88. The van der Waals surface area contributed by atoms with Crippen LogP contribution in [0.2, 0.25) is 0 Å². The molecule has 0 aliphatic carbocycles. The number of hydrogen-bond acceptors (Lipinski definition) is 6. The highest BCUT2D eigenvalue weighted by atomic mass is 16.5. The van der Waals surface area contributed by atoms with E-state index in [1.54, 1.807) is 49.4 Å². The molecule has 0 saturated carbocycles. The van der Waals surface area contributed by atoms with Gasteiger partial charge in [0.1, 0.15) is 24.0 Å². The molecule has 0 N–H and O–H groups in total. The van der Waals surface area contributed by atoms with E-state index in [1.807, 2.05) is 19.0 Å². The highest BCUT2D eigenvalue weighted by molar-refractivity contribution is 6.43. The fraction of sp³-hybridized carbons (Fsp3) is 0.348. The van der Waals surface area contributed by atoms with Gasteiger partial charge in [0.05, 0.1) is 6.04 Å². The van der Waals surface area contributed by atoms with E-state index in [4.69, 9.17) is 9.15 Å². The summed E-state index contributed by atoms with van der Waals surface area (Å²) in [6, 6.07) is 9.60. The van der Waals surface area contributed by atoms with Crippen molar-refractivity contribution in [2.24, 2.45) is 5.92 Å². The van der Waals surface area contributed by atoms with E-state index >= 15 is 0 Å². The molecule has 7 nitrogen and oxygen atoms in total. The SMILES string of the molecule is C=CCOc1cccc(C2C(C(=O)c3ccc(C)o3)C(=O)C(=O)N2CCN(C)C)c1. The fourth-order valence-corrected chi connectivity index (χ4v) is 3.57. The van der Waals surface area contributed by atoms with Crippen LogP contribution in [0.3, 0.4) is 0 Å². The second kappa shape index (κ2) is 9.09. The van der Waals surface area contributed by atoms with Crippen LogP contribution in [0.15, 0.2) is 53.5 Å². The third-order valence-corrected chi connectivity index (χ3v) is 5.03. The Kier molecular flexibility index (Phi) is 6.52. The molecule has 1 fully saturated rings. The second-order valence-corrected chi connectivity index (χ2v) is 7.54. The van der Waals surface area contributed by atoms with Crippen molar-refractivity contribution in [1.82, 2.24) is 9.80 Å². The number of furan rings is 1. The lowest BCUT2D eigenvalue weighted by Crippen LogP contribution is -2.36. The first-order valence-electron chi connectivity index (χ1n) is 9.77. The first-order valence-corrected chi connectivity index (χ1v) is 9.77. The maximum atomic E-state index is 13.2. The highest BCUT2D eigenvalue weighted by Crippen LogP contribution is 2.39. The molecular formula is C23H26N2O5. The summed E-state index contributed by atoms with van der Waals surface area (Å²) in [6.45, 7) is 6.56. The van der Waals surface area contributed by atoms with Gasteiger partial charge in [0.25, 0.3) is 5.91 Å². The first kappa shape index (κ1) is 21.5. The molecule has 0 spiro atoms. The number of rotatable bonds is 9. The molecule has 1 amide bonds. The summed E-state index contributed by atoms with van der Waals surface area (Å²) in [4.78, 5) is 42.3. The topological polar surface area (TPSA) is 80.1 Å². The minimum atomic E-state index is -1.17. The number of carbonyl (C=O) groups is 3. The largest absolute Gasteiger partial charge is 0.490 e. The molecule has 1 aliphatic rings. The summed E-state index contributed by atoms with van der Waals surface area (Å²) >= 11 is 0. The van der Waals surface area contributed by atoms with Gasteiger partial charge in [0.15, 0.2) is 5.76 Å². The number of hydrogen-bond donors (Lipinski definition) is 0. The molecule has 7 heteroatoms. The van der Waals surface area contributed by atoms with Gasteiger partial charge in [-0.05, 0) is 50.8 Å². The van der Waals surface area contributed by atoms with Crippen molar-refractivity contribution in [1.29, 1.82) is 0 Å². The quantitative estimate of drug-likeness (QED) is 0.274. The molecule has 2 atom stereocenters. The van der Waals surface area contributed by atoms with Crippen molar-refractivity contribution in [3.63, 3.8) is 0 Å². The molecule has 2 aromatic rings. The summed E-state index contributed by atoms with van der Waals surface area (Å²) in [5.74, 6) is -1.80. The van der Waals surface area contributed by atoms with Crippen LogP contribution >= 0.6 is 0 Å². The zero-order valence-corrected chi connectivity index (χ0v) is 17.5. The summed E-state index contributed by atoms with van der Waals surface area (Å²) in [5, 5.41) is 0. The first-order chi connectivity index (χ1) is 14.3. The van der Waals surface area contributed by atoms with Gasteiger partial charge < -0.3 is 19.0 Å². The number of ether oxygens (including phenoxy) is 1. The number of likely N-dealkylation sites (tertiary alicyclic amines) is 1. The van der Waals surface area contributed by atoms with Gasteiger partial charge in [-0.2, -0.15) is 0 Å². The predicted molar refractivity (Wildman–Crippen MR) is 111 cm³/mol. The average molecular weight is 410 g/mol. The molecular weight excluding hydrogens is 384 g/mol. The number of nitrogens with zero attached hydrogens (tertiary/aromatic N) is 2. The third-order valence-electron chi connectivity index (χ3n) is 5.03. The molecule has 2 heterocycles. The van der Waals surface area contributed by atoms with E-state index < -0.39 is 29.4 Å². The number of Topliss-reactive ketones (excluding diaryl/α,β-unsaturated/α-hetero) is 2. The Morgan fingerprint density at radius 2 is 2.03 bits per heavy atom. The number of benzene rings is 1. The lowest BCUT2D eigenvalue weighted by molar-refractivity contribution is -0.140. The zero-order valence-electron chi connectivity index (χ0n) is 17.5. The molecule has 2 unspecified atom stereocenters. The Morgan fingerprint density at radius 1 is 1.27 bits per heavy atom. The number of likely N-dealkylation sites (N-methyl/N-ethyl adjacent to an activating group) is 1. The van der Waals surface area contributed by atoms with Gasteiger partial charge in [-0.1, -0.05) is 24.8 Å². The maximum absolute atomic E-state index is 13.2. The minimum Gasteiger partial charge on any atom is -0.490 e. The Morgan fingerprint density at radius 3 is 2.67 bits per heavy atom. The van der Waals surface area contributed by atoms with Crippen molar-refractivity contribution in [2.75, 3.05) is 33.8 Å². The van der Waals surface area contributed by atoms with E-state index in [9.17, 15) is 14.4 Å². The molecule has 3 rings (SSSR count). The van der Waals surface area contributed by atoms with Gasteiger partial charge >= 0.3 is 0 Å². The van der Waals surface area contributed by atoms with Crippen molar-refractivity contribution < 1.29 is 23.5 Å². The van der Waals surface area contributed by atoms with E-state index in [1.165, 1.54) is 4.90 Å². The molecule has 0 bridgehead atoms. The van der Waals surface area contributed by atoms with Crippen molar-refractivity contribution in [3.8, 4) is 5.75 Å². The maximum Gasteiger partial charge on any atom is 0.291 e. The molecule has 1 aromatic carbocycles. The third kappa shape index (κ3) is 4.36. The summed E-state index contributed by atoms with van der Waals surface area (Å²) in [7, 11) is 3.77. The normalized spacial score (nSPS) is 18.9. The van der Waals surface area contributed by atoms with E-state index in [-0.39, 0.29) is 5.76 Å².